The zero-order chi connectivity index (χ0) is 34.4. The Morgan fingerprint density at radius 1 is 0.434 bits per heavy atom. The Morgan fingerprint density at radius 2 is 1.09 bits per heavy atom. The van der Waals surface area contributed by atoms with Gasteiger partial charge in [-0.15, -0.1) is 11.3 Å². The molecule has 13 rings (SSSR count). The van der Waals surface area contributed by atoms with Gasteiger partial charge in [-0.25, -0.2) is 9.97 Å². The average molecular weight is 691 g/mol. The van der Waals surface area contributed by atoms with Crippen molar-refractivity contribution in [2.75, 3.05) is 0 Å². The third-order valence-corrected chi connectivity index (χ3v) is 12.6. The summed E-state index contributed by atoms with van der Waals surface area (Å²) in [6.07, 6.45) is 0. The van der Waals surface area contributed by atoms with Gasteiger partial charge in [0.1, 0.15) is 0 Å². The lowest BCUT2D eigenvalue weighted by molar-refractivity contribution is 1.09. The predicted octanol–water partition coefficient (Wildman–Crippen LogP) is 13.1. The van der Waals surface area contributed by atoms with E-state index in [9.17, 15) is 0 Å². The first-order valence-corrected chi connectivity index (χ1v) is 18.8. The molecule has 8 aromatic carbocycles. The Kier molecular flexibility index (Phi) is 5.22. The molecule has 0 unspecified atom stereocenters. The highest BCUT2D eigenvalue weighted by atomic mass is 32.1. The van der Waals surface area contributed by atoms with Gasteiger partial charge in [0, 0.05) is 53.4 Å². The SMILES string of the molecule is c1ccc2cc(-c3nc(-n4c5ccccc5c5cc6c7ccccc7n7c8c9ccccc9ccc8c(c54)c67)c4sc5ccccc5c4n3)ccc2c1. The predicted molar refractivity (Wildman–Crippen MR) is 224 cm³/mol. The van der Waals surface area contributed by atoms with E-state index < -0.39 is 0 Å². The van der Waals surface area contributed by atoms with E-state index in [4.69, 9.17) is 9.97 Å². The van der Waals surface area contributed by atoms with E-state index in [1.807, 2.05) is 0 Å². The maximum atomic E-state index is 5.59. The molecule has 13 aromatic rings. The molecule has 0 atom stereocenters. The smallest absolute Gasteiger partial charge is 0.162 e. The molecule has 0 spiro atoms. The van der Waals surface area contributed by atoms with Crippen molar-refractivity contribution in [2.24, 2.45) is 0 Å². The Labute approximate surface area is 305 Å². The molecule has 0 fully saturated rings. The summed E-state index contributed by atoms with van der Waals surface area (Å²) in [6.45, 7) is 0. The van der Waals surface area contributed by atoms with Crippen molar-refractivity contribution in [3.05, 3.63) is 158 Å². The summed E-state index contributed by atoms with van der Waals surface area (Å²) in [7, 11) is 0. The van der Waals surface area contributed by atoms with E-state index in [0.717, 1.165) is 38.3 Å². The lowest BCUT2D eigenvalue weighted by Crippen LogP contribution is -2.01. The van der Waals surface area contributed by atoms with Crippen LogP contribution in [0.25, 0.3) is 119 Å². The fraction of sp³-hybridized carbons (Fsp3) is 0. The molecule has 5 heteroatoms. The lowest BCUT2D eigenvalue weighted by atomic mass is 10.0. The third-order valence-electron chi connectivity index (χ3n) is 11.4. The molecule has 0 aliphatic rings. The van der Waals surface area contributed by atoms with Gasteiger partial charge in [0.15, 0.2) is 11.6 Å². The highest BCUT2D eigenvalue weighted by Crippen LogP contribution is 2.49. The molecular formula is C48H26N4S. The molecule has 53 heavy (non-hydrogen) atoms. The second kappa shape index (κ2) is 9.94. The third kappa shape index (κ3) is 3.54. The number of para-hydroxylation sites is 2. The van der Waals surface area contributed by atoms with Crippen LogP contribution in [0.4, 0.5) is 0 Å². The number of thiophene rings is 1. The Bertz CT molecular complexity index is 3700. The number of hydrogen-bond acceptors (Lipinski definition) is 3. The van der Waals surface area contributed by atoms with Crippen molar-refractivity contribution in [2.45, 2.75) is 0 Å². The summed E-state index contributed by atoms with van der Waals surface area (Å²) >= 11 is 1.78. The second-order valence-electron chi connectivity index (χ2n) is 14.1. The molecule has 0 bridgehead atoms. The van der Waals surface area contributed by atoms with Crippen molar-refractivity contribution in [1.29, 1.82) is 0 Å². The van der Waals surface area contributed by atoms with Gasteiger partial charge >= 0.3 is 0 Å². The quantitative estimate of drug-likeness (QED) is 0.181. The van der Waals surface area contributed by atoms with Crippen LogP contribution in [0.1, 0.15) is 0 Å². The maximum Gasteiger partial charge on any atom is 0.162 e. The van der Waals surface area contributed by atoms with Crippen LogP contribution in [0.2, 0.25) is 0 Å². The largest absolute Gasteiger partial charge is 0.307 e. The van der Waals surface area contributed by atoms with Crippen LogP contribution in [0.3, 0.4) is 0 Å². The zero-order valence-corrected chi connectivity index (χ0v) is 29.0. The normalized spacial score (nSPS) is 12.5. The number of benzene rings is 8. The first-order valence-electron chi connectivity index (χ1n) is 18.0. The van der Waals surface area contributed by atoms with Gasteiger partial charge in [-0.05, 0) is 46.5 Å². The molecule has 5 aromatic heterocycles. The van der Waals surface area contributed by atoms with Crippen LogP contribution in [0.5, 0.6) is 0 Å². The standard InChI is InChI=1S/C48H26N4S/c1-2-13-29-25-30(22-21-27(29)11-1)47-49-42-34-17-7-10-20-40(34)53-46(42)48(50-47)52-39-19-9-6-16-33(39)37-26-36-32-15-5-8-18-38(32)51-43-31-14-4-3-12-28(31)23-24-35(43)41(44(36)51)45(37)52/h1-26H. The van der Waals surface area contributed by atoms with Gasteiger partial charge in [-0.1, -0.05) is 127 Å². The minimum absolute atomic E-state index is 0.728. The fourth-order valence-corrected chi connectivity index (χ4v) is 10.3. The van der Waals surface area contributed by atoms with E-state index in [-0.39, 0.29) is 0 Å². The molecule has 0 aliphatic carbocycles. The van der Waals surface area contributed by atoms with Crippen LogP contribution in [-0.2, 0) is 0 Å². The van der Waals surface area contributed by atoms with Crippen LogP contribution in [0, 0.1) is 0 Å². The molecule has 0 amide bonds. The zero-order valence-electron chi connectivity index (χ0n) is 28.2. The Morgan fingerprint density at radius 3 is 1.96 bits per heavy atom. The molecule has 0 N–H and O–H groups in total. The lowest BCUT2D eigenvalue weighted by Gasteiger charge is -2.12. The summed E-state index contributed by atoms with van der Waals surface area (Å²) in [4.78, 5) is 10.9. The van der Waals surface area contributed by atoms with Gasteiger partial charge in [-0.3, -0.25) is 4.57 Å². The van der Waals surface area contributed by atoms with E-state index >= 15 is 0 Å². The number of rotatable bonds is 2. The van der Waals surface area contributed by atoms with Crippen molar-refractivity contribution in [3.63, 3.8) is 0 Å². The summed E-state index contributed by atoms with van der Waals surface area (Å²) in [5, 5.41) is 13.5. The van der Waals surface area contributed by atoms with Gasteiger partial charge in [0.25, 0.3) is 0 Å². The van der Waals surface area contributed by atoms with Crippen molar-refractivity contribution >= 4 is 113 Å². The van der Waals surface area contributed by atoms with E-state index in [1.54, 1.807) is 11.3 Å². The highest BCUT2D eigenvalue weighted by molar-refractivity contribution is 7.26. The average Bonchev–Trinajstić information content (AvgIpc) is 3.96. The van der Waals surface area contributed by atoms with Crippen LogP contribution >= 0.6 is 11.3 Å². The van der Waals surface area contributed by atoms with Crippen LogP contribution in [-0.4, -0.2) is 18.9 Å². The number of hydrogen-bond donors (Lipinski definition) is 0. The molecule has 0 saturated carbocycles. The minimum atomic E-state index is 0.728. The highest BCUT2D eigenvalue weighted by Gasteiger charge is 2.27. The van der Waals surface area contributed by atoms with Gasteiger partial charge in [0.2, 0.25) is 0 Å². The number of aromatic nitrogens is 4. The summed E-state index contributed by atoms with van der Waals surface area (Å²) in [5.74, 6) is 1.64. The maximum absolute atomic E-state index is 5.59. The monoisotopic (exact) mass is 690 g/mol. The van der Waals surface area contributed by atoms with Gasteiger partial charge in [-0.2, -0.15) is 0 Å². The molecular weight excluding hydrogens is 665 g/mol. The molecule has 0 radical (unpaired) electrons. The molecule has 0 aliphatic heterocycles. The number of fused-ring (bicyclic) bond motifs is 16. The molecule has 5 heterocycles. The molecule has 4 nitrogen and oxygen atoms in total. The Balaban J connectivity index is 1.27. The Hall–Kier alpha value is -6.82. The molecule has 244 valence electrons. The first-order chi connectivity index (χ1) is 26.3. The van der Waals surface area contributed by atoms with Crippen LogP contribution < -0.4 is 0 Å². The number of nitrogens with zero attached hydrogens (tertiary/aromatic N) is 4. The summed E-state index contributed by atoms with van der Waals surface area (Å²) in [5.41, 5.74) is 8.05. The first kappa shape index (κ1) is 27.8. The van der Waals surface area contributed by atoms with Gasteiger partial charge in [0.05, 0.1) is 37.8 Å². The fourth-order valence-electron chi connectivity index (χ4n) is 9.16. The minimum Gasteiger partial charge on any atom is -0.307 e. The van der Waals surface area contributed by atoms with Crippen LogP contribution in [0.15, 0.2) is 158 Å². The van der Waals surface area contributed by atoms with Crippen molar-refractivity contribution in [3.8, 4) is 17.2 Å². The van der Waals surface area contributed by atoms with E-state index in [2.05, 4.69) is 167 Å². The summed E-state index contributed by atoms with van der Waals surface area (Å²) < 4.78 is 7.27. The van der Waals surface area contributed by atoms with E-state index in [0.29, 0.717) is 0 Å². The summed E-state index contributed by atoms with van der Waals surface area (Å²) in [6, 6.07) is 57.3. The second-order valence-corrected chi connectivity index (χ2v) is 15.2. The topological polar surface area (TPSA) is 35.1 Å². The van der Waals surface area contributed by atoms with E-state index in [1.165, 1.54) is 80.6 Å². The van der Waals surface area contributed by atoms with Crippen molar-refractivity contribution < 1.29 is 0 Å². The van der Waals surface area contributed by atoms with Gasteiger partial charge < -0.3 is 4.40 Å². The van der Waals surface area contributed by atoms with Crippen molar-refractivity contribution in [1.82, 2.24) is 18.9 Å². The molecule has 0 saturated heterocycles.